The van der Waals surface area contributed by atoms with E-state index in [1.165, 1.54) is 24.3 Å². The van der Waals surface area contributed by atoms with Crippen molar-refractivity contribution < 1.29 is 22.4 Å². The number of carbonyl (C=O) groups excluding carboxylic acids is 1. The maximum Gasteiger partial charge on any atom is 0.412 e. The van der Waals surface area contributed by atoms with Crippen molar-refractivity contribution in [1.82, 2.24) is 15.1 Å². The van der Waals surface area contributed by atoms with Crippen LogP contribution in [0.1, 0.15) is 22.1 Å². The van der Waals surface area contributed by atoms with Gasteiger partial charge in [0.2, 0.25) is 0 Å². The topological polar surface area (TPSA) is 46.9 Å². The lowest BCUT2D eigenvalue weighted by Crippen LogP contribution is -2.45. The molecule has 3 rings (SSSR count). The van der Waals surface area contributed by atoms with Gasteiger partial charge in [-0.05, 0) is 36.8 Å². The number of halogens is 4. The molecule has 1 N–H and O–H groups in total. The van der Waals surface area contributed by atoms with Crippen molar-refractivity contribution in [2.75, 3.05) is 6.54 Å². The zero-order valence-electron chi connectivity index (χ0n) is 11.4. The number of nitrogens with one attached hydrogen (secondary N) is 1. The Bertz CT molecular complexity index is 751. The first kappa shape index (κ1) is 14.6. The van der Waals surface area contributed by atoms with Crippen molar-refractivity contribution in [2.45, 2.75) is 19.1 Å². The van der Waals surface area contributed by atoms with Crippen LogP contribution in [0.5, 0.6) is 0 Å². The molecule has 0 spiro atoms. The molecule has 1 aromatic carbocycles. The monoisotopic (exact) mass is 313 g/mol. The molecule has 2 aromatic rings. The zero-order chi connectivity index (χ0) is 16.1. The van der Waals surface area contributed by atoms with Gasteiger partial charge >= 0.3 is 6.18 Å². The minimum Gasteiger partial charge on any atom is -0.348 e. The Morgan fingerprint density at radius 3 is 2.68 bits per heavy atom. The number of alkyl halides is 3. The van der Waals surface area contributed by atoms with Crippen LogP contribution in [0.2, 0.25) is 0 Å². The molecule has 1 aliphatic heterocycles. The first-order valence-electron chi connectivity index (χ1n) is 6.48. The van der Waals surface area contributed by atoms with Crippen LogP contribution in [-0.2, 0) is 0 Å². The normalized spacial score (nSPS) is 18.0. The summed E-state index contributed by atoms with van der Waals surface area (Å²) >= 11 is 0. The fourth-order valence-electron chi connectivity index (χ4n) is 2.37. The number of benzene rings is 1. The first-order chi connectivity index (χ1) is 10.3. The fraction of sp³-hybridized carbons (Fsp3) is 0.286. The van der Waals surface area contributed by atoms with Gasteiger partial charge in [-0.3, -0.25) is 4.79 Å². The van der Waals surface area contributed by atoms with Gasteiger partial charge in [0.05, 0.1) is 5.69 Å². The standard InChI is InChI=1S/C14H11F4N3O/c1-7-4-8(2-3-9(7)15)10-5-11-13(22)19-6-12(14(16,17)18)21(11)20-10/h2-5,12H,6H2,1H3,(H,19,22). The summed E-state index contributed by atoms with van der Waals surface area (Å²) in [5.41, 5.74) is 0.838. The number of amides is 1. The molecule has 8 heteroatoms. The number of aryl methyl sites for hydroxylation is 1. The summed E-state index contributed by atoms with van der Waals surface area (Å²) in [6.45, 7) is 0.985. The molecule has 116 valence electrons. The van der Waals surface area contributed by atoms with Gasteiger partial charge in [0.1, 0.15) is 11.5 Å². The Morgan fingerprint density at radius 1 is 1.32 bits per heavy atom. The van der Waals surface area contributed by atoms with Crippen molar-refractivity contribution >= 4 is 5.91 Å². The number of hydrogen-bond acceptors (Lipinski definition) is 2. The van der Waals surface area contributed by atoms with Crippen molar-refractivity contribution in [3.63, 3.8) is 0 Å². The van der Waals surface area contributed by atoms with Gasteiger partial charge in [0.15, 0.2) is 6.04 Å². The summed E-state index contributed by atoms with van der Waals surface area (Å²) in [5.74, 6) is -1.03. The van der Waals surface area contributed by atoms with Crippen LogP contribution in [-0.4, -0.2) is 28.4 Å². The molecule has 0 radical (unpaired) electrons. The SMILES string of the molecule is Cc1cc(-c2cc3n(n2)C(C(F)(F)F)CNC3=O)ccc1F. The lowest BCUT2D eigenvalue weighted by atomic mass is 10.1. The number of fused-ring (bicyclic) bond motifs is 1. The lowest BCUT2D eigenvalue weighted by molar-refractivity contribution is -0.169. The third-order valence-electron chi connectivity index (χ3n) is 3.55. The molecule has 1 unspecified atom stereocenters. The summed E-state index contributed by atoms with van der Waals surface area (Å²) in [4.78, 5) is 11.7. The van der Waals surface area contributed by atoms with Gasteiger partial charge in [-0.2, -0.15) is 18.3 Å². The second kappa shape index (κ2) is 4.82. The summed E-state index contributed by atoms with van der Waals surface area (Å²) in [6.07, 6.45) is -4.52. The Kier molecular flexibility index (Phi) is 3.19. The van der Waals surface area contributed by atoms with E-state index in [0.717, 1.165) is 0 Å². The van der Waals surface area contributed by atoms with Crippen LogP contribution in [0, 0.1) is 12.7 Å². The maximum atomic E-state index is 13.3. The zero-order valence-corrected chi connectivity index (χ0v) is 11.4. The molecule has 0 bridgehead atoms. The van der Waals surface area contributed by atoms with Gasteiger partial charge in [0, 0.05) is 12.1 Å². The molecule has 0 saturated heterocycles. The Morgan fingerprint density at radius 2 is 2.05 bits per heavy atom. The number of aromatic nitrogens is 2. The van der Waals surface area contributed by atoms with E-state index in [0.29, 0.717) is 15.8 Å². The highest BCUT2D eigenvalue weighted by Crippen LogP contribution is 2.34. The molecular formula is C14H11F4N3O. The Labute approximate surface area is 122 Å². The van der Waals surface area contributed by atoms with E-state index in [4.69, 9.17) is 0 Å². The van der Waals surface area contributed by atoms with E-state index in [9.17, 15) is 22.4 Å². The van der Waals surface area contributed by atoms with Crippen LogP contribution in [0.15, 0.2) is 24.3 Å². The minimum absolute atomic E-state index is 0.162. The van der Waals surface area contributed by atoms with Gasteiger partial charge in [-0.15, -0.1) is 0 Å². The third kappa shape index (κ3) is 2.34. The molecule has 0 saturated carbocycles. The predicted molar refractivity (Wildman–Crippen MR) is 69.8 cm³/mol. The highest BCUT2D eigenvalue weighted by Gasteiger charge is 2.45. The average molecular weight is 313 g/mol. The quantitative estimate of drug-likeness (QED) is 0.823. The summed E-state index contributed by atoms with van der Waals surface area (Å²) < 4.78 is 53.0. The highest BCUT2D eigenvalue weighted by molar-refractivity contribution is 5.94. The van der Waals surface area contributed by atoms with E-state index in [1.54, 1.807) is 6.92 Å². The Balaban J connectivity index is 2.10. The van der Waals surface area contributed by atoms with Gasteiger partial charge in [0.25, 0.3) is 5.91 Å². The molecule has 0 fully saturated rings. The molecular weight excluding hydrogens is 302 g/mol. The number of nitrogens with zero attached hydrogens (tertiary/aromatic N) is 2. The minimum atomic E-state index is -4.52. The molecule has 1 atom stereocenters. The van der Waals surface area contributed by atoms with Gasteiger partial charge in [-0.25, -0.2) is 9.07 Å². The number of carbonyl (C=O) groups is 1. The van der Waals surface area contributed by atoms with Crippen molar-refractivity contribution in [1.29, 1.82) is 0 Å². The van der Waals surface area contributed by atoms with E-state index < -0.39 is 30.5 Å². The largest absolute Gasteiger partial charge is 0.412 e. The fourth-order valence-corrected chi connectivity index (χ4v) is 2.37. The maximum absolute atomic E-state index is 13.3. The van der Waals surface area contributed by atoms with Crippen LogP contribution >= 0.6 is 0 Å². The van der Waals surface area contributed by atoms with E-state index in [-0.39, 0.29) is 11.4 Å². The van der Waals surface area contributed by atoms with E-state index >= 15 is 0 Å². The second-order valence-electron chi connectivity index (χ2n) is 5.09. The van der Waals surface area contributed by atoms with Gasteiger partial charge < -0.3 is 5.32 Å². The van der Waals surface area contributed by atoms with Crippen molar-refractivity contribution in [3.05, 3.63) is 41.3 Å². The second-order valence-corrected chi connectivity index (χ2v) is 5.09. The lowest BCUT2D eigenvalue weighted by Gasteiger charge is -2.26. The summed E-state index contributed by atoms with van der Waals surface area (Å²) in [5, 5.41) is 6.10. The molecule has 4 nitrogen and oxygen atoms in total. The first-order valence-corrected chi connectivity index (χ1v) is 6.48. The summed E-state index contributed by atoms with van der Waals surface area (Å²) in [7, 11) is 0. The van der Waals surface area contributed by atoms with Gasteiger partial charge in [-0.1, -0.05) is 0 Å². The van der Waals surface area contributed by atoms with Crippen LogP contribution in [0.4, 0.5) is 17.6 Å². The number of rotatable bonds is 1. The van der Waals surface area contributed by atoms with Crippen LogP contribution < -0.4 is 5.32 Å². The molecule has 22 heavy (non-hydrogen) atoms. The van der Waals surface area contributed by atoms with E-state index in [2.05, 4.69) is 10.4 Å². The molecule has 2 heterocycles. The third-order valence-corrected chi connectivity index (χ3v) is 3.55. The highest BCUT2D eigenvalue weighted by atomic mass is 19.4. The molecule has 1 aliphatic rings. The van der Waals surface area contributed by atoms with E-state index in [1.807, 2.05) is 0 Å². The molecule has 1 amide bonds. The van der Waals surface area contributed by atoms with Crippen molar-refractivity contribution in [3.8, 4) is 11.3 Å². The number of hydrogen-bond donors (Lipinski definition) is 1. The summed E-state index contributed by atoms with van der Waals surface area (Å²) in [6, 6.07) is 3.47. The van der Waals surface area contributed by atoms with Crippen LogP contribution in [0.3, 0.4) is 0 Å². The molecule has 0 aliphatic carbocycles. The predicted octanol–water partition coefficient (Wildman–Crippen LogP) is 2.84. The molecule has 1 aromatic heterocycles. The van der Waals surface area contributed by atoms with Crippen molar-refractivity contribution in [2.24, 2.45) is 0 Å². The Hall–Kier alpha value is -2.38. The van der Waals surface area contributed by atoms with Crippen LogP contribution in [0.25, 0.3) is 11.3 Å². The average Bonchev–Trinajstić information content (AvgIpc) is 2.86. The smallest absolute Gasteiger partial charge is 0.348 e.